The molecule has 1 aromatic carbocycles. The van der Waals surface area contributed by atoms with Crippen molar-refractivity contribution in [2.24, 2.45) is 5.92 Å². The molecule has 1 amide bonds. The van der Waals surface area contributed by atoms with Crippen LogP contribution < -0.4 is 10.6 Å². The van der Waals surface area contributed by atoms with E-state index >= 15 is 0 Å². The third-order valence-corrected chi connectivity index (χ3v) is 4.82. The lowest BCUT2D eigenvalue weighted by Gasteiger charge is -2.24. The Labute approximate surface area is 141 Å². The number of nitro benzene ring substituents is 1. The van der Waals surface area contributed by atoms with Crippen molar-refractivity contribution in [3.8, 4) is 0 Å². The summed E-state index contributed by atoms with van der Waals surface area (Å²) in [4.78, 5) is 22.9. The number of nitrogens with zero attached hydrogens (tertiary/aromatic N) is 1. The van der Waals surface area contributed by atoms with E-state index in [0.29, 0.717) is 17.5 Å². The molecule has 1 saturated carbocycles. The standard InChI is InChI=1S/C16H21N3O3.ClH/c20-16(14-9-11-5-1-3-7-13(11)18-14)17-10-12-6-2-4-8-15(12)19(21)22;/h2,4,6,8,11,13-14,18H,1,3,5,7,9-10H2,(H,17,20);1H. The van der Waals surface area contributed by atoms with Crippen LogP contribution in [0.4, 0.5) is 5.69 Å². The van der Waals surface area contributed by atoms with Crippen molar-refractivity contribution in [3.63, 3.8) is 0 Å². The smallest absolute Gasteiger partial charge is 0.274 e. The first-order valence-corrected chi connectivity index (χ1v) is 7.91. The van der Waals surface area contributed by atoms with Gasteiger partial charge >= 0.3 is 0 Å². The molecule has 7 heteroatoms. The molecule has 3 rings (SSSR count). The van der Waals surface area contributed by atoms with Crippen LogP contribution >= 0.6 is 12.4 Å². The second kappa shape index (κ2) is 7.75. The molecule has 2 fully saturated rings. The molecule has 1 saturated heterocycles. The van der Waals surface area contributed by atoms with E-state index in [1.54, 1.807) is 18.2 Å². The Balaban J connectivity index is 0.00000192. The monoisotopic (exact) mass is 339 g/mol. The summed E-state index contributed by atoms with van der Waals surface area (Å²) in [5, 5.41) is 17.2. The Morgan fingerprint density at radius 3 is 2.78 bits per heavy atom. The number of benzene rings is 1. The Morgan fingerprint density at radius 2 is 2.04 bits per heavy atom. The van der Waals surface area contributed by atoms with E-state index < -0.39 is 4.92 Å². The van der Waals surface area contributed by atoms with Crippen molar-refractivity contribution in [1.29, 1.82) is 0 Å². The van der Waals surface area contributed by atoms with Gasteiger partial charge in [0.25, 0.3) is 5.69 Å². The van der Waals surface area contributed by atoms with E-state index in [2.05, 4.69) is 10.6 Å². The minimum atomic E-state index is -0.413. The van der Waals surface area contributed by atoms with Crippen LogP contribution in [0.3, 0.4) is 0 Å². The molecule has 1 aromatic rings. The summed E-state index contributed by atoms with van der Waals surface area (Å²) in [5.74, 6) is 0.558. The molecule has 0 radical (unpaired) electrons. The van der Waals surface area contributed by atoms with E-state index in [1.807, 2.05) is 0 Å². The van der Waals surface area contributed by atoms with Crippen LogP contribution in [0, 0.1) is 16.0 Å². The van der Waals surface area contributed by atoms with Gasteiger partial charge in [-0.2, -0.15) is 0 Å². The minimum absolute atomic E-state index is 0. The van der Waals surface area contributed by atoms with Crippen LogP contribution in [-0.4, -0.2) is 22.9 Å². The van der Waals surface area contributed by atoms with Gasteiger partial charge in [0.15, 0.2) is 0 Å². The molecule has 2 N–H and O–H groups in total. The predicted octanol–water partition coefficient (Wildman–Crippen LogP) is 2.55. The number of rotatable bonds is 4. The average Bonchev–Trinajstić information content (AvgIpc) is 2.97. The second-order valence-electron chi connectivity index (χ2n) is 6.21. The normalized spacial score (nSPS) is 26.0. The number of halogens is 1. The van der Waals surface area contributed by atoms with Crippen LogP contribution in [0.2, 0.25) is 0 Å². The van der Waals surface area contributed by atoms with Crippen molar-refractivity contribution in [1.82, 2.24) is 10.6 Å². The first kappa shape index (κ1) is 17.7. The van der Waals surface area contributed by atoms with Crippen LogP contribution in [0.5, 0.6) is 0 Å². The van der Waals surface area contributed by atoms with Gasteiger partial charge in [-0.1, -0.05) is 31.0 Å². The molecule has 0 spiro atoms. The fourth-order valence-electron chi connectivity index (χ4n) is 3.67. The molecular weight excluding hydrogens is 318 g/mol. The SMILES string of the molecule is Cl.O=C(NCc1ccccc1[N+](=O)[O-])C1CC2CCCCC2N1. The summed E-state index contributed by atoms with van der Waals surface area (Å²) in [5.41, 5.74) is 0.590. The number of amides is 1. The molecule has 1 aliphatic heterocycles. The van der Waals surface area contributed by atoms with Crippen molar-refractivity contribution in [3.05, 3.63) is 39.9 Å². The van der Waals surface area contributed by atoms with Crippen LogP contribution in [0.15, 0.2) is 24.3 Å². The number of carbonyl (C=O) groups excluding carboxylic acids is 1. The Bertz CT molecular complexity index is 567. The van der Waals surface area contributed by atoms with E-state index in [-0.39, 0.29) is 36.6 Å². The third kappa shape index (κ3) is 4.00. The second-order valence-corrected chi connectivity index (χ2v) is 6.21. The summed E-state index contributed by atoms with van der Waals surface area (Å²) in [6.07, 6.45) is 5.73. The summed E-state index contributed by atoms with van der Waals surface area (Å²) in [6, 6.07) is 6.83. The molecule has 3 atom stereocenters. The van der Waals surface area contributed by atoms with Gasteiger partial charge in [-0.15, -0.1) is 12.4 Å². The highest BCUT2D eigenvalue weighted by atomic mass is 35.5. The first-order chi connectivity index (χ1) is 10.6. The number of para-hydroxylation sites is 1. The molecule has 6 nitrogen and oxygen atoms in total. The minimum Gasteiger partial charge on any atom is -0.350 e. The first-order valence-electron chi connectivity index (χ1n) is 7.91. The number of fused-ring (bicyclic) bond motifs is 1. The molecule has 2 aliphatic rings. The van der Waals surface area contributed by atoms with E-state index in [9.17, 15) is 14.9 Å². The molecule has 23 heavy (non-hydrogen) atoms. The van der Waals surface area contributed by atoms with E-state index in [1.165, 1.54) is 25.3 Å². The van der Waals surface area contributed by atoms with E-state index in [4.69, 9.17) is 0 Å². The maximum Gasteiger partial charge on any atom is 0.274 e. The zero-order valence-corrected chi connectivity index (χ0v) is 13.7. The molecule has 1 aliphatic carbocycles. The quantitative estimate of drug-likeness (QED) is 0.652. The molecule has 3 unspecified atom stereocenters. The highest BCUT2D eigenvalue weighted by molar-refractivity contribution is 5.85. The Hall–Kier alpha value is -1.66. The number of hydrogen-bond donors (Lipinski definition) is 2. The topological polar surface area (TPSA) is 84.3 Å². The average molecular weight is 340 g/mol. The molecular formula is C16H22ClN3O3. The van der Waals surface area contributed by atoms with Crippen LogP contribution in [0.1, 0.15) is 37.7 Å². The third-order valence-electron chi connectivity index (χ3n) is 4.82. The van der Waals surface area contributed by atoms with E-state index in [0.717, 1.165) is 12.8 Å². The van der Waals surface area contributed by atoms with Crippen molar-refractivity contribution in [2.45, 2.75) is 50.7 Å². The molecule has 1 heterocycles. The lowest BCUT2D eigenvalue weighted by Crippen LogP contribution is -2.42. The lowest BCUT2D eigenvalue weighted by atomic mass is 9.85. The molecule has 126 valence electrons. The van der Waals surface area contributed by atoms with Gasteiger partial charge in [0.2, 0.25) is 5.91 Å². The fraction of sp³-hybridized carbons (Fsp3) is 0.562. The zero-order valence-electron chi connectivity index (χ0n) is 12.9. The van der Waals surface area contributed by atoms with Gasteiger partial charge in [0, 0.05) is 24.2 Å². The largest absolute Gasteiger partial charge is 0.350 e. The molecule has 0 bridgehead atoms. The summed E-state index contributed by atoms with van der Waals surface area (Å²) in [6.45, 7) is 0.198. The summed E-state index contributed by atoms with van der Waals surface area (Å²) < 4.78 is 0. The number of nitro groups is 1. The Morgan fingerprint density at radius 1 is 1.30 bits per heavy atom. The van der Waals surface area contributed by atoms with Gasteiger partial charge in [-0.25, -0.2) is 0 Å². The maximum atomic E-state index is 12.3. The number of nitrogens with one attached hydrogen (secondary N) is 2. The molecule has 0 aromatic heterocycles. The Kier molecular flexibility index (Phi) is 5.96. The summed E-state index contributed by atoms with van der Waals surface area (Å²) >= 11 is 0. The highest BCUT2D eigenvalue weighted by Crippen LogP contribution is 2.33. The van der Waals surface area contributed by atoms with Crippen LogP contribution in [-0.2, 0) is 11.3 Å². The van der Waals surface area contributed by atoms with Gasteiger partial charge in [0.05, 0.1) is 11.0 Å². The maximum absolute atomic E-state index is 12.3. The van der Waals surface area contributed by atoms with Gasteiger partial charge < -0.3 is 10.6 Å². The zero-order chi connectivity index (χ0) is 15.5. The van der Waals surface area contributed by atoms with Gasteiger partial charge in [0.1, 0.15) is 0 Å². The number of hydrogen-bond acceptors (Lipinski definition) is 4. The fourth-order valence-corrected chi connectivity index (χ4v) is 3.67. The van der Waals surface area contributed by atoms with Crippen molar-refractivity contribution < 1.29 is 9.72 Å². The van der Waals surface area contributed by atoms with Gasteiger partial charge in [-0.3, -0.25) is 14.9 Å². The summed E-state index contributed by atoms with van der Waals surface area (Å²) in [7, 11) is 0. The lowest BCUT2D eigenvalue weighted by molar-refractivity contribution is -0.385. The highest BCUT2D eigenvalue weighted by Gasteiger charge is 2.38. The number of carbonyl (C=O) groups is 1. The van der Waals surface area contributed by atoms with Crippen LogP contribution in [0.25, 0.3) is 0 Å². The predicted molar refractivity (Wildman–Crippen MR) is 89.5 cm³/mol. The van der Waals surface area contributed by atoms with Crippen molar-refractivity contribution in [2.75, 3.05) is 0 Å². The van der Waals surface area contributed by atoms with Crippen molar-refractivity contribution >= 4 is 24.0 Å². The van der Waals surface area contributed by atoms with Gasteiger partial charge in [-0.05, 0) is 25.2 Å².